The van der Waals surface area contributed by atoms with Crippen LogP contribution in [0.15, 0.2) is 0 Å². The summed E-state index contributed by atoms with van der Waals surface area (Å²) in [5, 5.41) is 0. The van der Waals surface area contributed by atoms with Crippen molar-refractivity contribution in [3.8, 4) is 0 Å². The van der Waals surface area contributed by atoms with E-state index < -0.39 is 0 Å². The maximum atomic E-state index is 0. The fourth-order valence-electron chi connectivity index (χ4n) is 0. The Morgan fingerprint density at radius 1 is 0.600 bits per heavy atom. The van der Waals surface area contributed by atoms with E-state index >= 15 is 0 Å². The first-order chi connectivity index (χ1) is 0. The van der Waals surface area contributed by atoms with Crippen molar-refractivity contribution in [3.63, 3.8) is 0 Å². The molecular weight excluding hydrogens is 115 g/mol. The molecule has 0 aromatic rings. The Labute approximate surface area is 108 Å². The van der Waals surface area contributed by atoms with E-state index in [0.29, 0.717) is 0 Å². The summed E-state index contributed by atoms with van der Waals surface area (Å²) < 4.78 is 0. The first-order valence-corrected chi connectivity index (χ1v) is 0. The minimum absolute atomic E-state index is 0. The van der Waals surface area contributed by atoms with E-state index in [1.807, 2.05) is 0 Å². The van der Waals surface area contributed by atoms with E-state index in [1.165, 1.54) is 0 Å². The molecule has 0 bridgehead atoms. The van der Waals surface area contributed by atoms with Gasteiger partial charge in [0.25, 0.3) is 0 Å². The van der Waals surface area contributed by atoms with Crippen LogP contribution >= 0.6 is 0 Å². The second-order valence-electron chi connectivity index (χ2n) is 0. The molecular formula is H7AlFNa3. The predicted molar refractivity (Wildman–Crippen MR) is 33.9 cm³/mol. The summed E-state index contributed by atoms with van der Waals surface area (Å²) in [4.78, 5) is 0. The number of hydrogen-bond acceptors (Lipinski definition) is 0. The molecule has 0 saturated heterocycles. The third kappa shape index (κ3) is 18.6. The summed E-state index contributed by atoms with van der Waals surface area (Å²) in [7, 11) is 0. The van der Waals surface area contributed by atoms with Gasteiger partial charge < -0.3 is 0 Å². The Morgan fingerprint density at radius 3 is 0.600 bits per heavy atom. The van der Waals surface area contributed by atoms with Crippen molar-refractivity contribution in [2.24, 2.45) is 0 Å². The van der Waals surface area contributed by atoms with Gasteiger partial charge in [-0.05, 0) is 0 Å². The molecule has 0 heterocycles. The first kappa shape index (κ1) is 39.3. The molecule has 0 amide bonds. The van der Waals surface area contributed by atoms with Crippen LogP contribution in [0, 0.1) is 0 Å². The van der Waals surface area contributed by atoms with Crippen LogP contribution in [0.4, 0.5) is 4.70 Å². The van der Waals surface area contributed by atoms with Crippen molar-refractivity contribution in [2.45, 2.75) is 0 Å². The molecule has 0 aliphatic heterocycles. The zero-order valence-corrected chi connectivity index (χ0v) is 0.408. The molecule has 0 aliphatic rings. The van der Waals surface area contributed by atoms with Gasteiger partial charge in [0, 0.05) is 0 Å². The molecule has 0 aromatic carbocycles. The van der Waals surface area contributed by atoms with E-state index in [-0.39, 0.29) is 111 Å². The molecule has 0 unspecified atom stereocenters. The second-order valence-corrected chi connectivity index (χ2v) is 0. The van der Waals surface area contributed by atoms with Crippen LogP contribution in [0.3, 0.4) is 0 Å². The molecule has 0 radical (unpaired) electrons. The van der Waals surface area contributed by atoms with Gasteiger partial charge in [0.05, 0.1) is 0 Å². The van der Waals surface area contributed by atoms with Crippen LogP contribution in [-0.2, 0) is 0 Å². The molecule has 5 heavy (non-hydrogen) atoms. The van der Waals surface area contributed by atoms with Crippen LogP contribution in [0.1, 0.15) is 0 Å². The first-order valence-electron chi connectivity index (χ1n) is 0. The molecule has 20 valence electrons. The number of hydrogen-bond donors (Lipinski definition) is 0. The summed E-state index contributed by atoms with van der Waals surface area (Å²) in [5.74, 6) is 0. The van der Waals surface area contributed by atoms with Crippen molar-refractivity contribution < 1.29 is 4.70 Å². The van der Waals surface area contributed by atoms with Crippen LogP contribution in [0.5, 0.6) is 0 Å². The molecule has 0 aliphatic carbocycles. The molecule has 0 spiro atoms. The number of rotatable bonds is 0. The summed E-state index contributed by atoms with van der Waals surface area (Å²) >= 11 is 0. The Balaban J connectivity index is 0. The van der Waals surface area contributed by atoms with Gasteiger partial charge >= 0.3 is 88.7 Å². The van der Waals surface area contributed by atoms with E-state index in [2.05, 4.69) is 0 Å². The van der Waals surface area contributed by atoms with E-state index in [4.69, 9.17) is 0 Å². The normalized spacial score (nSPS) is 0. The van der Waals surface area contributed by atoms with Gasteiger partial charge in [-0.15, -0.1) is 0 Å². The Kier molecular flexibility index (Phi) is 204. The Morgan fingerprint density at radius 2 is 0.600 bits per heavy atom. The van der Waals surface area contributed by atoms with E-state index in [9.17, 15) is 0 Å². The van der Waals surface area contributed by atoms with Crippen LogP contribution in [0.25, 0.3) is 0 Å². The second kappa shape index (κ2) is 26.0. The molecule has 0 rings (SSSR count). The van der Waals surface area contributed by atoms with E-state index in [0.717, 1.165) is 0 Å². The van der Waals surface area contributed by atoms with Gasteiger partial charge in [-0.2, -0.15) is 0 Å². The predicted octanol–water partition coefficient (Wildman–Crippen LogP) is -2.98. The molecule has 5 heteroatoms. The zero-order valence-electron chi connectivity index (χ0n) is 0.408. The summed E-state index contributed by atoms with van der Waals surface area (Å²) in [6.45, 7) is 0. The van der Waals surface area contributed by atoms with Gasteiger partial charge in [0.1, 0.15) is 0 Å². The van der Waals surface area contributed by atoms with Crippen molar-refractivity contribution >= 4 is 106 Å². The topological polar surface area (TPSA) is 0 Å². The molecule has 0 aromatic heterocycles. The third-order valence-corrected chi connectivity index (χ3v) is 0. The average Bonchev–Trinajstić information content (AvgIpc) is 0. The fraction of sp³-hybridized carbons (Fsp3) is 0. The average molecular weight is 122 g/mol. The quantitative estimate of drug-likeness (QED) is 0.301. The Bertz CT molecular complexity index is 6.85. The van der Waals surface area contributed by atoms with Gasteiger partial charge in [-0.1, -0.05) is 0 Å². The van der Waals surface area contributed by atoms with Crippen molar-refractivity contribution in [3.05, 3.63) is 0 Å². The van der Waals surface area contributed by atoms with Crippen molar-refractivity contribution in [1.82, 2.24) is 0 Å². The zero-order chi connectivity index (χ0) is 0. The molecule has 0 nitrogen and oxygen atoms in total. The summed E-state index contributed by atoms with van der Waals surface area (Å²) in [5.41, 5.74) is 0. The van der Waals surface area contributed by atoms with Gasteiger partial charge in [-0.25, -0.2) is 0 Å². The molecule has 0 fully saturated rings. The monoisotopic (exact) mass is 122 g/mol. The summed E-state index contributed by atoms with van der Waals surface area (Å²) in [6.07, 6.45) is 0. The van der Waals surface area contributed by atoms with Gasteiger partial charge in [0.2, 0.25) is 0 Å². The molecule has 0 atom stereocenters. The Hall–Kier alpha value is 3.46. The van der Waals surface area contributed by atoms with Crippen LogP contribution < -0.4 is 0 Å². The molecule has 0 N–H and O–H groups in total. The SMILES string of the molecule is F.[AlH3].[NaH].[NaH].[NaH]. The van der Waals surface area contributed by atoms with Crippen LogP contribution in [0.2, 0.25) is 0 Å². The summed E-state index contributed by atoms with van der Waals surface area (Å²) in [6, 6.07) is 0. The van der Waals surface area contributed by atoms with Gasteiger partial charge in [0.15, 0.2) is 17.4 Å². The third-order valence-electron chi connectivity index (χ3n) is 0. The van der Waals surface area contributed by atoms with E-state index in [1.54, 1.807) is 0 Å². The van der Waals surface area contributed by atoms with Crippen molar-refractivity contribution in [1.29, 1.82) is 0 Å². The van der Waals surface area contributed by atoms with Gasteiger partial charge in [-0.3, -0.25) is 4.70 Å². The fourth-order valence-corrected chi connectivity index (χ4v) is 0. The standard InChI is InChI=1S/Al.FH.3Na.6H/h;1H;;;;;;;;;. The van der Waals surface area contributed by atoms with Crippen molar-refractivity contribution in [2.75, 3.05) is 0 Å². The molecule has 0 saturated carbocycles. The number of halogens is 1. The van der Waals surface area contributed by atoms with Crippen LogP contribution in [-0.4, -0.2) is 106 Å². The minimum atomic E-state index is 0. The maximum absolute atomic E-state index is 0.